The van der Waals surface area contributed by atoms with Gasteiger partial charge in [0.25, 0.3) is 5.91 Å². The number of carbonyl (C=O) groups excluding carboxylic acids is 1. The molecule has 0 spiro atoms. The molecule has 0 bridgehead atoms. The summed E-state index contributed by atoms with van der Waals surface area (Å²) in [5.41, 5.74) is 4.35. The number of nitrogens with zero attached hydrogens (tertiary/aromatic N) is 2. The molecular formula is C28H25Cl2N3O2. The van der Waals surface area contributed by atoms with E-state index in [-0.39, 0.29) is 5.91 Å². The molecule has 1 fully saturated rings. The van der Waals surface area contributed by atoms with Crippen molar-refractivity contribution in [2.24, 2.45) is 0 Å². The lowest BCUT2D eigenvalue weighted by atomic mass is 9.84. The first-order valence-electron chi connectivity index (χ1n) is 11.8. The van der Waals surface area contributed by atoms with Crippen LogP contribution in [0.1, 0.15) is 21.6 Å². The van der Waals surface area contributed by atoms with Crippen LogP contribution in [-0.4, -0.2) is 48.2 Å². The fraction of sp³-hybridized carbons (Fsp3) is 0.250. The second kappa shape index (κ2) is 8.90. The van der Waals surface area contributed by atoms with Crippen LogP contribution >= 0.6 is 23.2 Å². The first-order valence-corrected chi connectivity index (χ1v) is 12.6. The van der Waals surface area contributed by atoms with Gasteiger partial charge in [-0.25, -0.2) is 0 Å². The first-order chi connectivity index (χ1) is 17.0. The summed E-state index contributed by atoms with van der Waals surface area (Å²) < 4.78 is 7.75. The number of benzene rings is 3. The van der Waals surface area contributed by atoms with Gasteiger partial charge < -0.3 is 19.5 Å². The number of carbonyl (C=O) groups is 1. The molecule has 1 saturated heterocycles. The maximum atomic E-state index is 13.9. The summed E-state index contributed by atoms with van der Waals surface area (Å²) >= 11 is 12.8. The van der Waals surface area contributed by atoms with Crippen molar-refractivity contribution in [3.8, 4) is 0 Å². The lowest BCUT2D eigenvalue weighted by Gasteiger charge is -2.36. The van der Waals surface area contributed by atoms with Gasteiger partial charge in [-0.3, -0.25) is 4.79 Å². The predicted octanol–water partition coefficient (Wildman–Crippen LogP) is 5.83. The van der Waals surface area contributed by atoms with E-state index in [1.54, 1.807) is 0 Å². The van der Waals surface area contributed by atoms with Gasteiger partial charge in [0.1, 0.15) is 5.69 Å². The fourth-order valence-electron chi connectivity index (χ4n) is 5.53. The standard InChI is InChI=1S/C28H25Cl2N3O2/c29-21-6-3-4-19(14-21)17-28(18-31-24-16-22(30)8-9-23(24)28)33-25-7-2-1-5-20(25)15-26(33)27(34)32-10-12-35-13-11-32/h1-9,14-16,31H,10-13,17-18H2. The average Bonchev–Trinajstić information content (AvgIpc) is 3.43. The minimum Gasteiger partial charge on any atom is -0.382 e. The molecule has 3 aromatic carbocycles. The number of hydrogen-bond donors (Lipinski definition) is 1. The topological polar surface area (TPSA) is 46.5 Å². The minimum atomic E-state index is -0.551. The summed E-state index contributed by atoms with van der Waals surface area (Å²) in [6.45, 7) is 2.92. The van der Waals surface area contributed by atoms with Gasteiger partial charge in [-0.05, 0) is 42.0 Å². The van der Waals surface area contributed by atoms with Crippen LogP contribution in [0.25, 0.3) is 10.9 Å². The largest absolute Gasteiger partial charge is 0.382 e. The molecule has 2 aliphatic rings. The van der Waals surface area contributed by atoms with E-state index in [1.807, 2.05) is 53.4 Å². The van der Waals surface area contributed by atoms with Gasteiger partial charge >= 0.3 is 0 Å². The molecule has 7 heteroatoms. The predicted molar refractivity (Wildman–Crippen MR) is 141 cm³/mol. The smallest absolute Gasteiger partial charge is 0.270 e. The van der Waals surface area contributed by atoms with E-state index in [4.69, 9.17) is 27.9 Å². The molecule has 0 aliphatic carbocycles. The van der Waals surface area contributed by atoms with Crippen LogP contribution < -0.4 is 5.32 Å². The number of halogens is 2. The number of amides is 1. The lowest BCUT2D eigenvalue weighted by molar-refractivity contribution is 0.0293. The van der Waals surface area contributed by atoms with Crippen LogP contribution in [0.2, 0.25) is 10.0 Å². The molecule has 3 heterocycles. The van der Waals surface area contributed by atoms with E-state index in [0.717, 1.165) is 27.7 Å². The van der Waals surface area contributed by atoms with E-state index in [9.17, 15) is 4.79 Å². The van der Waals surface area contributed by atoms with Crippen molar-refractivity contribution >= 4 is 45.7 Å². The fourth-order valence-corrected chi connectivity index (χ4v) is 5.91. The van der Waals surface area contributed by atoms with E-state index in [2.05, 4.69) is 34.1 Å². The molecule has 5 nitrogen and oxygen atoms in total. The molecule has 1 aromatic heterocycles. The number of hydrogen-bond acceptors (Lipinski definition) is 3. The lowest BCUT2D eigenvalue weighted by Crippen LogP contribution is -2.45. The number of para-hydroxylation sites is 1. The number of aromatic nitrogens is 1. The second-order valence-electron chi connectivity index (χ2n) is 9.21. The molecule has 35 heavy (non-hydrogen) atoms. The zero-order valence-corrected chi connectivity index (χ0v) is 20.6. The Balaban J connectivity index is 1.60. The van der Waals surface area contributed by atoms with Crippen molar-refractivity contribution in [2.75, 3.05) is 38.2 Å². The SMILES string of the molecule is O=C(c1cc2ccccc2n1C1(Cc2cccc(Cl)c2)CNc2cc(Cl)ccc21)N1CCOCC1. The molecular weight excluding hydrogens is 481 g/mol. The van der Waals surface area contributed by atoms with Gasteiger partial charge in [-0.2, -0.15) is 0 Å². The Labute approximate surface area is 214 Å². The summed E-state index contributed by atoms with van der Waals surface area (Å²) in [4.78, 5) is 15.8. The van der Waals surface area contributed by atoms with E-state index in [1.165, 1.54) is 0 Å². The maximum Gasteiger partial charge on any atom is 0.270 e. The third kappa shape index (κ3) is 3.88. The highest BCUT2D eigenvalue weighted by Crippen LogP contribution is 2.45. The maximum absolute atomic E-state index is 13.9. The van der Waals surface area contributed by atoms with Gasteiger partial charge in [0.15, 0.2) is 0 Å². The zero-order valence-electron chi connectivity index (χ0n) is 19.1. The molecule has 1 N–H and O–H groups in total. The van der Waals surface area contributed by atoms with Crippen molar-refractivity contribution < 1.29 is 9.53 Å². The van der Waals surface area contributed by atoms with Crippen molar-refractivity contribution in [3.05, 3.63) is 99.7 Å². The summed E-state index contributed by atoms with van der Waals surface area (Å²) in [5, 5.41) is 5.99. The molecule has 4 aromatic rings. The van der Waals surface area contributed by atoms with E-state index >= 15 is 0 Å². The Morgan fingerprint density at radius 3 is 2.57 bits per heavy atom. The Bertz CT molecular complexity index is 1430. The number of ether oxygens (including phenoxy) is 1. The summed E-state index contributed by atoms with van der Waals surface area (Å²) in [7, 11) is 0. The molecule has 1 unspecified atom stereocenters. The number of rotatable bonds is 4. The Hall–Kier alpha value is -2.99. The van der Waals surface area contributed by atoms with Crippen LogP contribution in [0.15, 0.2) is 72.8 Å². The third-order valence-electron chi connectivity index (χ3n) is 7.10. The molecule has 1 amide bonds. The Morgan fingerprint density at radius 1 is 0.943 bits per heavy atom. The summed E-state index contributed by atoms with van der Waals surface area (Å²) in [6, 6.07) is 24.2. The van der Waals surface area contributed by atoms with Crippen LogP contribution in [-0.2, 0) is 16.7 Å². The molecule has 1 atom stereocenters. The first kappa shape index (κ1) is 22.5. The average molecular weight is 506 g/mol. The van der Waals surface area contributed by atoms with E-state index in [0.29, 0.717) is 55.0 Å². The van der Waals surface area contributed by atoms with Gasteiger partial charge in [0, 0.05) is 58.3 Å². The Morgan fingerprint density at radius 2 is 1.74 bits per heavy atom. The quantitative estimate of drug-likeness (QED) is 0.379. The minimum absolute atomic E-state index is 0.0254. The van der Waals surface area contributed by atoms with Crippen molar-refractivity contribution in [2.45, 2.75) is 12.0 Å². The highest BCUT2D eigenvalue weighted by molar-refractivity contribution is 6.31. The third-order valence-corrected chi connectivity index (χ3v) is 7.57. The number of fused-ring (bicyclic) bond motifs is 2. The molecule has 178 valence electrons. The van der Waals surface area contributed by atoms with Crippen LogP contribution in [0.4, 0.5) is 5.69 Å². The van der Waals surface area contributed by atoms with Gasteiger partial charge in [-0.15, -0.1) is 0 Å². The monoisotopic (exact) mass is 505 g/mol. The number of morpholine rings is 1. The van der Waals surface area contributed by atoms with Crippen molar-refractivity contribution in [1.82, 2.24) is 9.47 Å². The van der Waals surface area contributed by atoms with Crippen molar-refractivity contribution in [3.63, 3.8) is 0 Å². The van der Waals surface area contributed by atoms with Crippen molar-refractivity contribution in [1.29, 1.82) is 0 Å². The zero-order chi connectivity index (χ0) is 24.0. The molecule has 0 saturated carbocycles. The molecule has 2 aliphatic heterocycles. The number of anilines is 1. The number of nitrogens with one attached hydrogen (secondary N) is 1. The van der Waals surface area contributed by atoms with Crippen LogP contribution in [0.3, 0.4) is 0 Å². The summed E-state index contributed by atoms with van der Waals surface area (Å²) in [5.74, 6) is 0.0254. The van der Waals surface area contributed by atoms with E-state index < -0.39 is 5.54 Å². The second-order valence-corrected chi connectivity index (χ2v) is 10.1. The highest BCUT2D eigenvalue weighted by Gasteiger charge is 2.44. The molecule has 0 radical (unpaired) electrons. The van der Waals surface area contributed by atoms with Crippen LogP contribution in [0, 0.1) is 0 Å². The van der Waals surface area contributed by atoms with Gasteiger partial charge in [0.2, 0.25) is 0 Å². The normalized spacial score (nSPS) is 19.5. The Kier molecular flexibility index (Phi) is 5.72. The highest BCUT2D eigenvalue weighted by atomic mass is 35.5. The molecule has 6 rings (SSSR count). The summed E-state index contributed by atoms with van der Waals surface area (Å²) in [6.07, 6.45) is 0.664. The van der Waals surface area contributed by atoms with Crippen LogP contribution in [0.5, 0.6) is 0 Å². The van der Waals surface area contributed by atoms with Gasteiger partial charge in [0.05, 0.1) is 18.8 Å². The van der Waals surface area contributed by atoms with Gasteiger partial charge in [-0.1, -0.05) is 59.6 Å².